The summed E-state index contributed by atoms with van der Waals surface area (Å²) in [5, 5.41) is 0. The molecule has 2 aromatic carbocycles. The van der Waals surface area contributed by atoms with Crippen molar-refractivity contribution in [3.63, 3.8) is 0 Å². The van der Waals surface area contributed by atoms with Crippen LogP contribution in [0.1, 0.15) is 35.6 Å². The highest BCUT2D eigenvalue weighted by atomic mass is 15.2. The lowest BCUT2D eigenvalue weighted by molar-refractivity contribution is 0.193. The standard InChI is InChI=1S/C21H24N2/c1-2-12-23(15-16-6-4-3-5-7-16)19-13-18-9-8-17-10-11-22-21(17)20(18)14-19/h3-9,11,19H,2,10,12-15H2,1H3. The molecule has 118 valence electrons. The molecule has 2 aromatic rings. The molecule has 1 heterocycles. The van der Waals surface area contributed by atoms with Crippen LogP contribution in [0.2, 0.25) is 0 Å². The molecule has 1 aliphatic carbocycles. The normalized spacial score (nSPS) is 18.4. The molecule has 0 aromatic heterocycles. The Morgan fingerprint density at radius 1 is 1.04 bits per heavy atom. The van der Waals surface area contributed by atoms with Crippen LogP contribution in [0.4, 0.5) is 5.69 Å². The highest BCUT2D eigenvalue weighted by Crippen LogP contribution is 2.38. The third-order valence-electron chi connectivity index (χ3n) is 5.15. The summed E-state index contributed by atoms with van der Waals surface area (Å²) in [7, 11) is 0. The fourth-order valence-electron chi connectivity index (χ4n) is 4.02. The molecule has 23 heavy (non-hydrogen) atoms. The van der Waals surface area contributed by atoms with Crippen LogP contribution < -0.4 is 0 Å². The summed E-state index contributed by atoms with van der Waals surface area (Å²) >= 11 is 0. The molecule has 4 rings (SSSR count). The van der Waals surface area contributed by atoms with Crippen molar-refractivity contribution in [3.8, 4) is 0 Å². The zero-order valence-electron chi connectivity index (χ0n) is 13.8. The summed E-state index contributed by atoms with van der Waals surface area (Å²) in [6.45, 7) is 4.50. The first-order valence-corrected chi connectivity index (χ1v) is 8.79. The third-order valence-corrected chi connectivity index (χ3v) is 5.15. The second-order valence-electron chi connectivity index (χ2n) is 6.74. The second kappa shape index (κ2) is 6.29. The zero-order valence-corrected chi connectivity index (χ0v) is 13.8. The number of rotatable bonds is 5. The van der Waals surface area contributed by atoms with Crippen molar-refractivity contribution in [2.45, 2.75) is 45.2 Å². The molecule has 1 atom stereocenters. The zero-order chi connectivity index (χ0) is 15.6. The van der Waals surface area contributed by atoms with E-state index in [1.165, 1.54) is 47.3 Å². The molecular formula is C21H24N2. The summed E-state index contributed by atoms with van der Waals surface area (Å²) in [5.74, 6) is 0. The summed E-state index contributed by atoms with van der Waals surface area (Å²) in [6, 6.07) is 16.1. The van der Waals surface area contributed by atoms with Crippen molar-refractivity contribution < 1.29 is 0 Å². The van der Waals surface area contributed by atoms with Gasteiger partial charge in [-0.1, -0.05) is 49.4 Å². The quantitative estimate of drug-likeness (QED) is 0.803. The molecule has 2 heteroatoms. The lowest BCUT2D eigenvalue weighted by Gasteiger charge is -2.28. The number of aliphatic imine (C=N–C) groups is 1. The van der Waals surface area contributed by atoms with Crippen molar-refractivity contribution in [2.75, 3.05) is 6.54 Å². The SMILES string of the molecule is CCCN(Cc1ccccc1)C1Cc2ccc3c(c2C1)N=CC3. The minimum absolute atomic E-state index is 0.618. The van der Waals surface area contributed by atoms with Gasteiger partial charge in [-0.3, -0.25) is 9.89 Å². The van der Waals surface area contributed by atoms with Crippen LogP contribution >= 0.6 is 0 Å². The average Bonchev–Trinajstić information content (AvgIpc) is 3.21. The Kier molecular flexibility index (Phi) is 4.00. The van der Waals surface area contributed by atoms with Crippen LogP contribution in [0.15, 0.2) is 47.5 Å². The van der Waals surface area contributed by atoms with Crippen molar-refractivity contribution in [1.29, 1.82) is 0 Å². The van der Waals surface area contributed by atoms with Crippen LogP contribution in [-0.4, -0.2) is 23.7 Å². The van der Waals surface area contributed by atoms with E-state index >= 15 is 0 Å². The van der Waals surface area contributed by atoms with E-state index < -0.39 is 0 Å². The molecule has 1 unspecified atom stereocenters. The van der Waals surface area contributed by atoms with Crippen LogP contribution in [0.25, 0.3) is 0 Å². The maximum Gasteiger partial charge on any atom is 0.0696 e. The Balaban J connectivity index is 1.56. The third kappa shape index (κ3) is 2.84. The van der Waals surface area contributed by atoms with Gasteiger partial charge in [0, 0.05) is 25.2 Å². The minimum Gasteiger partial charge on any atom is -0.295 e. The first-order valence-electron chi connectivity index (χ1n) is 8.79. The summed E-state index contributed by atoms with van der Waals surface area (Å²) in [5.41, 5.74) is 7.13. The summed E-state index contributed by atoms with van der Waals surface area (Å²) in [6.07, 6.45) is 6.60. The van der Waals surface area contributed by atoms with Gasteiger partial charge in [-0.25, -0.2) is 0 Å². The van der Waals surface area contributed by atoms with E-state index in [4.69, 9.17) is 0 Å². The largest absolute Gasteiger partial charge is 0.295 e. The predicted molar refractivity (Wildman–Crippen MR) is 96.6 cm³/mol. The minimum atomic E-state index is 0.618. The number of nitrogens with zero attached hydrogens (tertiary/aromatic N) is 2. The fourth-order valence-corrected chi connectivity index (χ4v) is 4.02. The molecule has 0 bridgehead atoms. The monoisotopic (exact) mass is 304 g/mol. The van der Waals surface area contributed by atoms with Gasteiger partial charge in [0.25, 0.3) is 0 Å². The van der Waals surface area contributed by atoms with Gasteiger partial charge in [0.1, 0.15) is 0 Å². The Bertz CT molecular complexity index is 718. The highest BCUT2D eigenvalue weighted by Gasteiger charge is 2.29. The Labute approximate surface area is 138 Å². The number of hydrogen-bond donors (Lipinski definition) is 0. The molecule has 2 nitrogen and oxygen atoms in total. The first-order chi connectivity index (χ1) is 11.3. The summed E-state index contributed by atoms with van der Waals surface area (Å²) in [4.78, 5) is 7.32. The van der Waals surface area contributed by atoms with Gasteiger partial charge >= 0.3 is 0 Å². The van der Waals surface area contributed by atoms with Gasteiger partial charge in [0.05, 0.1) is 5.69 Å². The van der Waals surface area contributed by atoms with Crippen LogP contribution in [-0.2, 0) is 25.8 Å². The summed E-state index contributed by atoms with van der Waals surface area (Å²) < 4.78 is 0. The number of benzene rings is 2. The topological polar surface area (TPSA) is 15.6 Å². The molecule has 1 aliphatic heterocycles. The average molecular weight is 304 g/mol. The Hall–Kier alpha value is -1.93. The molecule has 0 saturated carbocycles. The van der Waals surface area contributed by atoms with Crippen LogP contribution in [0.3, 0.4) is 0 Å². The van der Waals surface area contributed by atoms with E-state index in [2.05, 4.69) is 65.5 Å². The van der Waals surface area contributed by atoms with Gasteiger partial charge in [0.2, 0.25) is 0 Å². The number of hydrogen-bond acceptors (Lipinski definition) is 2. The predicted octanol–water partition coefficient (Wildman–Crippen LogP) is 4.32. The Morgan fingerprint density at radius 3 is 2.70 bits per heavy atom. The van der Waals surface area contributed by atoms with Gasteiger partial charge < -0.3 is 0 Å². The van der Waals surface area contributed by atoms with Crippen LogP contribution in [0, 0.1) is 0 Å². The molecule has 0 fully saturated rings. The van der Waals surface area contributed by atoms with Gasteiger partial charge in [-0.15, -0.1) is 0 Å². The maximum atomic E-state index is 4.65. The van der Waals surface area contributed by atoms with Gasteiger partial charge in [0.15, 0.2) is 0 Å². The van der Waals surface area contributed by atoms with Crippen molar-refractivity contribution >= 4 is 11.9 Å². The molecule has 0 saturated heterocycles. The fraction of sp³-hybridized carbons (Fsp3) is 0.381. The van der Waals surface area contributed by atoms with Crippen LogP contribution in [0.5, 0.6) is 0 Å². The molecule has 0 radical (unpaired) electrons. The highest BCUT2D eigenvalue weighted by molar-refractivity contribution is 5.78. The lowest BCUT2D eigenvalue weighted by Crippen LogP contribution is -2.36. The van der Waals surface area contributed by atoms with Crippen molar-refractivity contribution in [3.05, 3.63) is 64.7 Å². The van der Waals surface area contributed by atoms with E-state index in [0.717, 1.165) is 19.4 Å². The van der Waals surface area contributed by atoms with E-state index in [1.54, 1.807) is 0 Å². The van der Waals surface area contributed by atoms with Crippen molar-refractivity contribution in [2.24, 2.45) is 4.99 Å². The molecule has 0 spiro atoms. The first kappa shape index (κ1) is 14.6. The molecule has 0 amide bonds. The van der Waals surface area contributed by atoms with Gasteiger partial charge in [-0.05, 0) is 48.1 Å². The molecular weight excluding hydrogens is 280 g/mol. The molecule has 2 aliphatic rings. The second-order valence-corrected chi connectivity index (χ2v) is 6.74. The van der Waals surface area contributed by atoms with Gasteiger partial charge in [-0.2, -0.15) is 0 Å². The molecule has 0 N–H and O–H groups in total. The maximum absolute atomic E-state index is 4.65. The Morgan fingerprint density at radius 2 is 1.87 bits per heavy atom. The van der Waals surface area contributed by atoms with Crippen molar-refractivity contribution in [1.82, 2.24) is 4.90 Å². The van der Waals surface area contributed by atoms with E-state index in [0.29, 0.717) is 6.04 Å². The number of fused-ring (bicyclic) bond motifs is 3. The lowest BCUT2D eigenvalue weighted by atomic mass is 10.0. The smallest absolute Gasteiger partial charge is 0.0696 e. The van der Waals surface area contributed by atoms with E-state index in [-0.39, 0.29) is 0 Å². The van der Waals surface area contributed by atoms with E-state index in [1.807, 2.05) is 0 Å². The van der Waals surface area contributed by atoms with E-state index in [9.17, 15) is 0 Å².